The number of rotatable bonds is 2. The van der Waals surface area contributed by atoms with Crippen molar-refractivity contribution in [3.05, 3.63) is 0 Å². The van der Waals surface area contributed by atoms with Gasteiger partial charge in [-0.05, 0) is 19.8 Å². The summed E-state index contributed by atoms with van der Waals surface area (Å²) in [5, 5.41) is 21.8. The number of carbonyl (C=O) groups excluding carboxylic acids is 1. The normalized spacial score (nSPS) is 36.7. The van der Waals surface area contributed by atoms with E-state index in [-0.39, 0.29) is 24.0 Å². The summed E-state index contributed by atoms with van der Waals surface area (Å²) in [4.78, 5) is 13.8. The van der Waals surface area contributed by atoms with E-state index in [0.29, 0.717) is 19.5 Å². The maximum Gasteiger partial charge on any atom is 0.239 e. The van der Waals surface area contributed by atoms with E-state index in [9.17, 15) is 15.0 Å². The van der Waals surface area contributed by atoms with Crippen LogP contribution in [-0.4, -0.2) is 58.9 Å². The fourth-order valence-electron chi connectivity index (χ4n) is 2.51. The maximum absolute atomic E-state index is 12.0. The van der Waals surface area contributed by atoms with E-state index in [1.54, 1.807) is 11.8 Å². The van der Waals surface area contributed by atoms with Gasteiger partial charge >= 0.3 is 0 Å². The Labute approximate surface area is 95.4 Å². The van der Waals surface area contributed by atoms with Crippen LogP contribution in [0.3, 0.4) is 0 Å². The molecule has 2 aliphatic rings. The topological polar surface area (TPSA) is 72.8 Å². The predicted molar refractivity (Wildman–Crippen MR) is 58.8 cm³/mol. The van der Waals surface area contributed by atoms with E-state index in [1.807, 2.05) is 0 Å². The van der Waals surface area contributed by atoms with Crippen molar-refractivity contribution in [2.45, 2.75) is 38.0 Å². The molecule has 2 aliphatic heterocycles. The smallest absolute Gasteiger partial charge is 0.239 e. The van der Waals surface area contributed by atoms with E-state index in [2.05, 4.69) is 5.32 Å². The standard InChI is InChI=1S/C11H20N2O3/c1-7(14)8-2-3-13(6-8)11(16)10-4-9(15)5-12-10/h7-10,12,14-15H,2-6H2,1H3. The molecule has 4 atom stereocenters. The minimum absolute atomic E-state index is 0.0692. The molecule has 0 aromatic heterocycles. The molecule has 0 spiro atoms. The Kier molecular flexibility index (Phi) is 3.47. The van der Waals surface area contributed by atoms with Gasteiger partial charge in [-0.25, -0.2) is 0 Å². The van der Waals surface area contributed by atoms with Crippen molar-refractivity contribution in [2.24, 2.45) is 5.92 Å². The highest BCUT2D eigenvalue weighted by atomic mass is 16.3. The summed E-state index contributed by atoms with van der Waals surface area (Å²) < 4.78 is 0. The van der Waals surface area contributed by atoms with Crippen LogP contribution in [0.15, 0.2) is 0 Å². The van der Waals surface area contributed by atoms with Gasteiger partial charge < -0.3 is 20.4 Å². The number of carbonyl (C=O) groups is 1. The molecular weight excluding hydrogens is 208 g/mol. The zero-order valence-corrected chi connectivity index (χ0v) is 9.59. The Morgan fingerprint density at radius 2 is 2.31 bits per heavy atom. The first kappa shape index (κ1) is 11.8. The second kappa shape index (κ2) is 4.69. The van der Waals surface area contributed by atoms with Crippen LogP contribution in [0.1, 0.15) is 19.8 Å². The van der Waals surface area contributed by atoms with Crippen molar-refractivity contribution >= 4 is 5.91 Å². The van der Waals surface area contributed by atoms with Crippen LogP contribution in [0, 0.1) is 5.92 Å². The largest absolute Gasteiger partial charge is 0.393 e. The van der Waals surface area contributed by atoms with E-state index < -0.39 is 6.10 Å². The minimum Gasteiger partial charge on any atom is -0.393 e. The number of hydrogen-bond donors (Lipinski definition) is 3. The van der Waals surface area contributed by atoms with E-state index in [4.69, 9.17) is 0 Å². The maximum atomic E-state index is 12.0. The number of hydrogen-bond acceptors (Lipinski definition) is 4. The predicted octanol–water partition coefficient (Wildman–Crippen LogP) is -1.06. The molecule has 4 unspecified atom stereocenters. The summed E-state index contributed by atoms with van der Waals surface area (Å²) in [6.07, 6.45) is 0.636. The molecule has 92 valence electrons. The number of nitrogens with zero attached hydrogens (tertiary/aromatic N) is 1. The van der Waals surface area contributed by atoms with Gasteiger partial charge in [0.15, 0.2) is 0 Å². The van der Waals surface area contributed by atoms with Crippen LogP contribution in [0.25, 0.3) is 0 Å². The van der Waals surface area contributed by atoms with Crippen molar-refractivity contribution in [2.75, 3.05) is 19.6 Å². The lowest BCUT2D eigenvalue weighted by Crippen LogP contribution is -2.42. The zero-order chi connectivity index (χ0) is 11.7. The molecule has 0 aromatic rings. The van der Waals surface area contributed by atoms with E-state index >= 15 is 0 Å². The summed E-state index contributed by atoms with van der Waals surface area (Å²) in [5.74, 6) is 0.273. The molecule has 0 radical (unpaired) electrons. The number of β-amino-alcohol motifs (C(OH)–C–C–N with tert-alkyl or cyclic N) is 1. The van der Waals surface area contributed by atoms with Gasteiger partial charge in [-0.3, -0.25) is 4.79 Å². The number of nitrogens with one attached hydrogen (secondary N) is 1. The average molecular weight is 228 g/mol. The van der Waals surface area contributed by atoms with Crippen LogP contribution >= 0.6 is 0 Å². The Hall–Kier alpha value is -0.650. The van der Waals surface area contributed by atoms with Gasteiger partial charge in [0.25, 0.3) is 0 Å². The van der Waals surface area contributed by atoms with Gasteiger partial charge in [0.05, 0.1) is 18.2 Å². The molecule has 0 saturated carbocycles. The Morgan fingerprint density at radius 1 is 1.56 bits per heavy atom. The lowest BCUT2D eigenvalue weighted by Gasteiger charge is -2.21. The highest BCUT2D eigenvalue weighted by Crippen LogP contribution is 2.21. The molecule has 2 saturated heterocycles. The molecule has 5 heteroatoms. The first-order chi connectivity index (χ1) is 7.58. The molecule has 0 aromatic carbocycles. The molecule has 2 rings (SSSR count). The van der Waals surface area contributed by atoms with Crippen LogP contribution in [-0.2, 0) is 4.79 Å². The summed E-state index contributed by atoms with van der Waals surface area (Å²) in [6, 6.07) is -0.234. The first-order valence-electron chi connectivity index (χ1n) is 5.96. The summed E-state index contributed by atoms with van der Waals surface area (Å²) >= 11 is 0. The monoisotopic (exact) mass is 228 g/mol. The number of aliphatic hydroxyl groups excluding tert-OH is 2. The Bertz CT molecular complexity index is 270. The summed E-state index contributed by atoms with van der Waals surface area (Å²) in [5.41, 5.74) is 0. The van der Waals surface area contributed by atoms with E-state index in [1.165, 1.54) is 0 Å². The molecule has 3 N–H and O–H groups in total. The van der Waals surface area contributed by atoms with Crippen molar-refractivity contribution in [3.63, 3.8) is 0 Å². The lowest BCUT2D eigenvalue weighted by molar-refractivity contribution is -0.132. The first-order valence-corrected chi connectivity index (χ1v) is 5.96. The molecule has 5 nitrogen and oxygen atoms in total. The number of amides is 1. The minimum atomic E-state index is -0.399. The Balaban J connectivity index is 1.87. The van der Waals surface area contributed by atoms with Gasteiger partial charge in [-0.2, -0.15) is 0 Å². The van der Waals surface area contributed by atoms with Crippen molar-refractivity contribution in [3.8, 4) is 0 Å². The van der Waals surface area contributed by atoms with Crippen LogP contribution < -0.4 is 5.32 Å². The SMILES string of the molecule is CC(O)C1CCN(C(=O)C2CC(O)CN2)C1. The van der Waals surface area contributed by atoms with Gasteiger partial charge in [0.1, 0.15) is 0 Å². The molecule has 16 heavy (non-hydrogen) atoms. The third kappa shape index (κ3) is 2.36. The lowest BCUT2D eigenvalue weighted by atomic mass is 10.0. The van der Waals surface area contributed by atoms with Gasteiger partial charge in [0, 0.05) is 25.6 Å². The third-order valence-corrected chi connectivity index (χ3v) is 3.62. The summed E-state index contributed by atoms with van der Waals surface area (Å²) in [6.45, 7) is 3.65. The molecule has 2 heterocycles. The quantitative estimate of drug-likeness (QED) is 0.563. The van der Waals surface area contributed by atoms with Gasteiger partial charge in [-0.1, -0.05) is 0 Å². The van der Waals surface area contributed by atoms with Crippen LogP contribution in [0.5, 0.6) is 0 Å². The van der Waals surface area contributed by atoms with E-state index in [0.717, 1.165) is 13.0 Å². The third-order valence-electron chi connectivity index (χ3n) is 3.62. The molecule has 1 amide bonds. The number of likely N-dealkylation sites (tertiary alicyclic amines) is 1. The van der Waals surface area contributed by atoms with Crippen molar-refractivity contribution in [1.29, 1.82) is 0 Å². The van der Waals surface area contributed by atoms with Crippen molar-refractivity contribution in [1.82, 2.24) is 10.2 Å². The molecular formula is C11H20N2O3. The fourth-order valence-corrected chi connectivity index (χ4v) is 2.51. The second-order valence-electron chi connectivity index (χ2n) is 4.92. The van der Waals surface area contributed by atoms with Gasteiger partial charge in [-0.15, -0.1) is 0 Å². The van der Waals surface area contributed by atoms with Crippen LogP contribution in [0.2, 0.25) is 0 Å². The second-order valence-corrected chi connectivity index (χ2v) is 4.92. The molecule has 0 aliphatic carbocycles. The van der Waals surface area contributed by atoms with Crippen LogP contribution in [0.4, 0.5) is 0 Å². The molecule has 0 bridgehead atoms. The average Bonchev–Trinajstić information content (AvgIpc) is 2.84. The Morgan fingerprint density at radius 3 is 2.81 bits per heavy atom. The van der Waals surface area contributed by atoms with Crippen molar-refractivity contribution < 1.29 is 15.0 Å². The highest BCUT2D eigenvalue weighted by Gasteiger charge is 2.35. The van der Waals surface area contributed by atoms with Gasteiger partial charge in [0.2, 0.25) is 5.91 Å². The highest BCUT2D eigenvalue weighted by molar-refractivity contribution is 5.82. The molecule has 2 fully saturated rings. The zero-order valence-electron chi connectivity index (χ0n) is 9.59. The summed E-state index contributed by atoms with van der Waals surface area (Å²) in [7, 11) is 0. The number of aliphatic hydroxyl groups is 2. The fraction of sp³-hybridized carbons (Fsp3) is 0.909.